The molecule has 1 unspecified atom stereocenters. The first-order valence-corrected chi connectivity index (χ1v) is 7.22. The first-order valence-electron chi connectivity index (χ1n) is 7.22. The molecule has 0 spiro atoms. The van der Waals surface area contributed by atoms with Crippen molar-refractivity contribution in [2.75, 3.05) is 11.9 Å². The average molecular weight is 303 g/mol. The summed E-state index contributed by atoms with van der Waals surface area (Å²) < 4.78 is 5.06. The number of anilines is 1. The first kappa shape index (κ1) is 16.0. The van der Waals surface area contributed by atoms with Crippen molar-refractivity contribution < 1.29 is 14.4 Å². The van der Waals surface area contributed by atoms with Gasteiger partial charge in [0.05, 0.1) is 6.54 Å². The van der Waals surface area contributed by atoms with Crippen LogP contribution in [0.4, 0.5) is 10.5 Å². The van der Waals surface area contributed by atoms with Crippen LogP contribution in [0.3, 0.4) is 0 Å². The summed E-state index contributed by atoms with van der Waals surface area (Å²) >= 11 is 0. The molecule has 118 valence electrons. The molecule has 1 aromatic heterocycles. The Kier molecular flexibility index (Phi) is 4.82. The molecule has 0 bridgehead atoms. The molecule has 0 aliphatic heterocycles. The maximum atomic E-state index is 12.0. The molecule has 1 atom stereocenters. The van der Waals surface area contributed by atoms with Gasteiger partial charge in [0.2, 0.25) is 0 Å². The van der Waals surface area contributed by atoms with Gasteiger partial charge in [0.15, 0.2) is 5.76 Å². The number of amides is 2. The van der Waals surface area contributed by atoms with Gasteiger partial charge in [-0.2, -0.15) is 0 Å². The molecule has 0 saturated carbocycles. The molecular weight excluding hydrogens is 282 g/mol. The molecule has 0 radical (unpaired) electrons. The highest BCUT2D eigenvalue weighted by Crippen LogP contribution is 2.21. The molecule has 0 aliphatic rings. The van der Waals surface area contributed by atoms with Crippen molar-refractivity contribution >= 4 is 11.7 Å². The molecule has 22 heavy (non-hydrogen) atoms. The zero-order valence-corrected chi connectivity index (χ0v) is 13.0. The van der Waals surface area contributed by atoms with Gasteiger partial charge in [-0.05, 0) is 25.8 Å². The molecule has 1 heterocycles. The number of aromatic nitrogens is 1. The minimum absolute atomic E-state index is 0.0919. The number of hydrogen-bond acceptors (Lipinski definition) is 4. The van der Waals surface area contributed by atoms with E-state index in [4.69, 9.17) is 4.52 Å². The van der Waals surface area contributed by atoms with Crippen LogP contribution in [-0.4, -0.2) is 22.8 Å². The van der Waals surface area contributed by atoms with Crippen LogP contribution < -0.4 is 10.6 Å². The number of urea groups is 1. The number of rotatable bonds is 5. The van der Waals surface area contributed by atoms with E-state index in [1.807, 2.05) is 37.3 Å². The van der Waals surface area contributed by atoms with Crippen molar-refractivity contribution in [2.24, 2.45) is 0 Å². The van der Waals surface area contributed by atoms with Gasteiger partial charge in [0.1, 0.15) is 17.0 Å². The van der Waals surface area contributed by atoms with Crippen molar-refractivity contribution in [3.63, 3.8) is 0 Å². The van der Waals surface area contributed by atoms with E-state index in [2.05, 4.69) is 15.8 Å². The summed E-state index contributed by atoms with van der Waals surface area (Å²) in [6, 6.07) is 8.80. The maximum absolute atomic E-state index is 12.0. The van der Waals surface area contributed by atoms with Crippen molar-refractivity contribution in [1.82, 2.24) is 10.5 Å². The lowest BCUT2D eigenvalue weighted by Gasteiger charge is -2.24. The lowest BCUT2D eigenvalue weighted by Crippen LogP contribution is -2.40. The molecule has 2 aromatic rings. The fraction of sp³-hybridized carbons (Fsp3) is 0.375. The van der Waals surface area contributed by atoms with Crippen molar-refractivity contribution in [3.8, 4) is 0 Å². The summed E-state index contributed by atoms with van der Waals surface area (Å²) in [5, 5.41) is 19.7. The van der Waals surface area contributed by atoms with Crippen LogP contribution in [0.2, 0.25) is 0 Å². The van der Waals surface area contributed by atoms with E-state index >= 15 is 0 Å². The van der Waals surface area contributed by atoms with E-state index in [0.29, 0.717) is 23.6 Å². The fourth-order valence-electron chi connectivity index (χ4n) is 2.13. The van der Waals surface area contributed by atoms with Crippen LogP contribution in [0.1, 0.15) is 30.9 Å². The summed E-state index contributed by atoms with van der Waals surface area (Å²) in [5.74, 6) is 0.557. The van der Waals surface area contributed by atoms with Crippen LogP contribution in [0.15, 0.2) is 34.9 Å². The monoisotopic (exact) mass is 303 g/mol. The Bertz CT molecular complexity index is 635. The zero-order chi connectivity index (χ0) is 16.2. The number of aliphatic hydroxyl groups is 1. The molecule has 0 aliphatic carbocycles. The van der Waals surface area contributed by atoms with Gasteiger partial charge in [-0.1, -0.05) is 42.4 Å². The molecule has 6 nitrogen and oxygen atoms in total. The van der Waals surface area contributed by atoms with Crippen LogP contribution in [0, 0.1) is 6.92 Å². The fourth-order valence-corrected chi connectivity index (χ4v) is 2.13. The Morgan fingerprint density at radius 2 is 2.05 bits per heavy atom. The molecular formula is C16H21N3O3. The number of nitrogens with one attached hydrogen (secondary N) is 2. The summed E-state index contributed by atoms with van der Waals surface area (Å²) in [6.07, 6.45) is 0.661. The van der Waals surface area contributed by atoms with E-state index < -0.39 is 11.6 Å². The molecule has 2 amide bonds. The summed E-state index contributed by atoms with van der Waals surface area (Å²) in [6.45, 7) is 5.42. The SMILES string of the molecule is CCc1noc(C)c1NC(=O)NCC(C)(O)c1ccccc1. The molecule has 3 N–H and O–H groups in total. The van der Waals surface area contributed by atoms with Gasteiger partial charge in [0.25, 0.3) is 0 Å². The second kappa shape index (κ2) is 6.62. The van der Waals surface area contributed by atoms with E-state index in [0.717, 1.165) is 5.56 Å². The van der Waals surface area contributed by atoms with Gasteiger partial charge in [-0.15, -0.1) is 0 Å². The number of carbonyl (C=O) groups excluding carboxylic acids is 1. The average Bonchev–Trinajstić information content (AvgIpc) is 2.87. The normalized spacial score (nSPS) is 13.5. The lowest BCUT2D eigenvalue weighted by atomic mass is 9.96. The second-order valence-corrected chi connectivity index (χ2v) is 5.36. The molecule has 0 fully saturated rings. The highest BCUT2D eigenvalue weighted by molar-refractivity contribution is 5.90. The minimum atomic E-state index is -1.14. The third kappa shape index (κ3) is 3.65. The number of aryl methyl sites for hydroxylation is 2. The van der Waals surface area contributed by atoms with Crippen LogP contribution in [0.25, 0.3) is 0 Å². The van der Waals surface area contributed by atoms with Crippen LogP contribution in [0.5, 0.6) is 0 Å². The van der Waals surface area contributed by atoms with Gasteiger partial charge < -0.3 is 20.3 Å². The summed E-state index contributed by atoms with van der Waals surface area (Å²) in [4.78, 5) is 12.0. The second-order valence-electron chi connectivity index (χ2n) is 5.36. The van der Waals surface area contributed by atoms with E-state index in [-0.39, 0.29) is 6.54 Å². The van der Waals surface area contributed by atoms with Crippen LogP contribution in [-0.2, 0) is 12.0 Å². The molecule has 0 saturated heterocycles. The highest BCUT2D eigenvalue weighted by Gasteiger charge is 2.24. The largest absolute Gasteiger partial charge is 0.384 e. The van der Waals surface area contributed by atoms with Crippen molar-refractivity contribution in [3.05, 3.63) is 47.3 Å². The third-order valence-corrected chi connectivity index (χ3v) is 3.50. The maximum Gasteiger partial charge on any atom is 0.319 e. The van der Waals surface area contributed by atoms with Gasteiger partial charge >= 0.3 is 6.03 Å². The zero-order valence-electron chi connectivity index (χ0n) is 13.0. The van der Waals surface area contributed by atoms with Gasteiger partial charge in [-0.3, -0.25) is 0 Å². The van der Waals surface area contributed by atoms with Gasteiger partial charge in [0, 0.05) is 0 Å². The number of hydrogen-bond donors (Lipinski definition) is 3. The number of carbonyl (C=O) groups is 1. The first-order chi connectivity index (χ1) is 10.4. The Morgan fingerprint density at radius 3 is 2.68 bits per heavy atom. The standard InChI is InChI=1S/C16H21N3O3/c1-4-13-14(11(2)22-19-13)18-15(20)17-10-16(3,21)12-8-6-5-7-9-12/h5-9,21H,4,10H2,1-3H3,(H2,17,18,20). The van der Waals surface area contributed by atoms with Crippen molar-refractivity contribution in [2.45, 2.75) is 32.8 Å². The highest BCUT2D eigenvalue weighted by atomic mass is 16.5. The Hall–Kier alpha value is -2.34. The molecule has 6 heteroatoms. The predicted molar refractivity (Wildman–Crippen MR) is 83.7 cm³/mol. The predicted octanol–water partition coefficient (Wildman–Crippen LogP) is 2.57. The topological polar surface area (TPSA) is 87.4 Å². The van der Waals surface area contributed by atoms with Crippen LogP contribution >= 0.6 is 0 Å². The van der Waals surface area contributed by atoms with Crippen molar-refractivity contribution in [1.29, 1.82) is 0 Å². The Balaban J connectivity index is 1.97. The summed E-state index contributed by atoms with van der Waals surface area (Å²) in [7, 11) is 0. The van der Waals surface area contributed by atoms with E-state index in [9.17, 15) is 9.90 Å². The summed E-state index contributed by atoms with van der Waals surface area (Å²) in [5.41, 5.74) is 0.878. The smallest absolute Gasteiger partial charge is 0.319 e. The lowest BCUT2D eigenvalue weighted by molar-refractivity contribution is 0.0599. The Labute approximate surface area is 129 Å². The molecule has 2 rings (SSSR count). The van der Waals surface area contributed by atoms with E-state index in [1.165, 1.54) is 0 Å². The number of nitrogens with zero attached hydrogens (tertiary/aromatic N) is 1. The minimum Gasteiger partial charge on any atom is -0.384 e. The quantitative estimate of drug-likeness (QED) is 0.792. The third-order valence-electron chi connectivity index (χ3n) is 3.50. The Morgan fingerprint density at radius 1 is 1.36 bits per heavy atom. The van der Waals surface area contributed by atoms with Gasteiger partial charge in [-0.25, -0.2) is 4.79 Å². The molecule has 1 aromatic carbocycles. The number of benzene rings is 1. The van der Waals surface area contributed by atoms with E-state index in [1.54, 1.807) is 13.8 Å².